The van der Waals surface area contributed by atoms with Gasteiger partial charge in [0.05, 0.1) is 19.3 Å². The Bertz CT molecular complexity index is 1120. The lowest BCUT2D eigenvalue weighted by Crippen LogP contribution is -2.70. The Morgan fingerprint density at radius 1 is 1.44 bits per heavy atom. The summed E-state index contributed by atoms with van der Waals surface area (Å²) in [6, 6.07) is 3.33. The van der Waals surface area contributed by atoms with Crippen molar-refractivity contribution in [1.82, 2.24) is 14.9 Å². The Kier molecular flexibility index (Phi) is 5.59. The number of fused-ring (bicyclic) bond motifs is 1. The van der Waals surface area contributed by atoms with Crippen LogP contribution in [0, 0.1) is 11.2 Å². The molecule has 2 fully saturated rings. The number of anilines is 1. The van der Waals surface area contributed by atoms with E-state index in [1.807, 2.05) is 0 Å². The molecule has 0 spiro atoms. The van der Waals surface area contributed by atoms with Crippen LogP contribution in [0.1, 0.15) is 12.0 Å². The highest BCUT2D eigenvalue weighted by molar-refractivity contribution is 7.90. The van der Waals surface area contributed by atoms with Gasteiger partial charge in [0.25, 0.3) is 5.91 Å². The fourth-order valence-electron chi connectivity index (χ4n) is 4.12. The van der Waals surface area contributed by atoms with Gasteiger partial charge in [-0.15, -0.1) is 0 Å². The summed E-state index contributed by atoms with van der Waals surface area (Å²) >= 11 is 0. The first-order valence-corrected chi connectivity index (χ1v) is 11.4. The lowest BCUT2D eigenvalue weighted by atomic mass is 9.81. The SMILES string of the molecule is COC1=CNC(C(=O)Nc2ccc(F)c([C@]34CCOCC3S(=O)(=O)N(C)C(=N)N4)c2)C=C1. The quantitative estimate of drug-likeness (QED) is 0.511. The van der Waals surface area contributed by atoms with Gasteiger partial charge in [-0.3, -0.25) is 10.2 Å². The summed E-state index contributed by atoms with van der Waals surface area (Å²) in [5.74, 6) is -0.810. The maximum atomic E-state index is 15.1. The van der Waals surface area contributed by atoms with Crippen molar-refractivity contribution in [3.63, 3.8) is 0 Å². The maximum absolute atomic E-state index is 15.1. The molecule has 4 N–H and O–H groups in total. The Morgan fingerprint density at radius 2 is 2.22 bits per heavy atom. The van der Waals surface area contributed by atoms with Gasteiger partial charge in [0, 0.05) is 31.1 Å². The molecule has 0 aliphatic carbocycles. The van der Waals surface area contributed by atoms with E-state index in [4.69, 9.17) is 14.9 Å². The van der Waals surface area contributed by atoms with Crippen LogP contribution in [0.3, 0.4) is 0 Å². The minimum absolute atomic E-state index is 0.0544. The molecule has 12 heteroatoms. The van der Waals surface area contributed by atoms with Crippen LogP contribution in [0.5, 0.6) is 0 Å². The normalized spacial score (nSPS) is 28.7. The van der Waals surface area contributed by atoms with E-state index in [0.717, 1.165) is 4.31 Å². The highest BCUT2D eigenvalue weighted by Crippen LogP contribution is 2.41. The van der Waals surface area contributed by atoms with Gasteiger partial charge in [-0.25, -0.2) is 17.1 Å². The van der Waals surface area contributed by atoms with Crippen molar-refractivity contribution >= 4 is 27.6 Å². The minimum Gasteiger partial charge on any atom is -0.495 e. The number of halogens is 1. The highest BCUT2D eigenvalue weighted by Gasteiger charge is 2.56. The van der Waals surface area contributed by atoms with Crippen LogP contribution >= 0.6 is 0 Å². The van der Waals surface area contributed by atoms with E-state index in [0.29, 0.717) is 11.4 Å². The Labute approximate surface area is 185 Å². The molecule has 4 rings (SSSR count). The van der Waals surface area contributed by atoms with E-state index in [1.54, 1.807) is 18.4 Å². The second-order valence-electron chi connectivity index (χ2n) is 7.71. The first-order chi connectivity index (χ1) is 15.2. The van der Waals surface area contributed by atoms with E-state index < -0.39 is 32.7 Å². The standard InChI is InChI=1S/C20H24FN5O5S/c1-26-19(22)25-20(7-8-31-11-17(20)32(26,28)29)14-9-12(3-5-15(14)21)24-18(27)16-6-4-13(30-2)10-23-16/h3-6,9-10,16-17,23H,7-8,11H2,1-2H3,(H2,22,25)(H,24,27)/t16?,17?,20-/m1/s1. The number of amides is 1. The molecule has 0 bridgehead atoms. The summed E-state index contributed by atoms with van der Waals surface area (Å²) in [5.41, 5.74) is -1.05. The van der Waals surface area contributed by atoms with E-state index in [1.165, 1.54) is 32.4 Å². The molecule has 0 radical (unpaired) electrons. The molecule has 3 atom stereocenters. The predicted molar refractivity (Wildman–Crippen MR) is 115 cm³/mol. The van der Waals surface area contributed by atoms with Crippen molar-refractivity contribution in [2.75, 3.05) is 32.7 Å². The number of allylic oxidation sites excluding steroid dienone is 1. The molecule has 0 aromatic heterocycles. The number of nitrogens with one attached hydrogen (secondary N) is 4. The second-order valence-corrected chi connectivity index (χ2v) is 9.86. The maximum Gasteiger partial charge on any atom is 0.250 e. The molecule has 2 unspecified atom stereocenters. The van der Waals surface area contributed by atoms with Crippen LogP contribution in [-0.4, -0.2) is 63.3 Å². The van der Waals surface area contributed by atoms with Crippen molar-refractivity contribution in [1.29, 1.82) is 5.41 Å². The molecule has 2 saturated heterocycles. The van der Waals surface area contributed by atoms with Gasteiger partial charge in [0.2, 0.25) is 16.0 Å². The molecule has 172 valence electrons. The molecular formula is C20H24FN5O5S. The molecule has 3 aliphatic heterocycles. The average Bonchev–Trinajstić information content (AvgIpc) is 2.79. The third kappa shape index (κ3) is 3.58. The number of ether oxygens (including phenoxy) is 2. The Hall–Kier alpha value is -3.12. The van der Waals surface area contributed by atoms with Gasteiger partial charge in [-0.1, -0.05) is 0 Å². The van der Waals surface area contributed by atoms with Crippen LogP contribution in [0.2, 0.25) is 0 Å². The lowest BCUT2D eigenvalue weighted by Gasteiger charge is -2.50. The van der Waals surface area contributed by atoms with Crippen LogP contribution in [0.4, 0.5) is 10.1 Å². The van der Waals surface area contributed by atoms with Crippen molar-refractivity contribution in [3.8, 4) is 0 Å². The van der Waals surface area contributed by atoms with E-state index in [-0.39, 0.29) is 37.1 Å². The molecule has 0 saturated carbocycles. The number of rotatable bonds is 4. The number of nitrogens with zero attached hydrogens (tertiary/aromatic N) is 1. The van der Waals surface area contributed by atoms with Gasteiger partial charge in [0.15, 0.2) is 0 Å². The first kappa shape index (κ1) is 22.1. The number of carbonyl (C=O) groups is 1. The van der Waals surface area contributed by atoms with Crippen LogP contribution in [0.15, 0.2) is 42.3 Å². The Morgan fingerprint density at radius 3 is 2.91 bits per heavy atom. The number of methoxy groups -OCH3 is 1. The number of hydrogen-bond acceptors (Lipinski definition) is 7. The van der Waals surface area contributed by atoms with Gasteiger partial charge in [0.1, 0.15) is 22.9 Å². The molecule has 3 aliphatic rings. The smallest absolute Gasteiger partial charge is 0.250 e. The fraction of sp³-hybridized carbons (Fsp3) is 0.400. The number of dihydropyridines is 1. The zero-order chi connectivity index (χ0) is 23.1. The van der Waals surface area contributed by atoms with Crippen molar-refractivity contribution < 1.29 is 27.1 Å². The topological polar surface area (TPSA) is 133 Å². The van der Waals surface area contributed by atoms with Crippen molar-refractivity contribution in [3.05, 3.63) is 53.7 Å². The third-order valence-corrected chi connectivity index (χ3v) is 8.15. The molecular weight excluding hydrogens is 441 g/mol. The fourth-order valence-corrected chi connectivity index (χ4v) is 5.88. The molecule has 10 nitrogen and oxygen atoms in total. The summed E-state index contributed by atoms with van der Waals surface area (Å²) in [6.07, 6.45) is 4.98. The average molecular weight is 466 g/mol. The van der Waals surface area contributed by atoms with Gasteiger partial charge in [-0.2, -0.15) is 0 Å². The number of guanidine groups is 1. The van der Waals surface area contributed by atoms with Crippen molar-refractivity contribution in [2.45, 2.75) is 23.3 Å². The summed E-state index contributed by atoms with van der Waals surface area (Å²) in [4.78, 5) is 12.7. The predicted octanol–water partition coefficient (Wildman–Crippen LogP) is 0.564. The zero-order valence-corrected chi connectivity index (χ0v) is 18.3. The summed E-state index contributed by atoms with van der Waals surface area (Å²) in [6.45, 7) is 0.0466. The molecule has 3 heterocycles. The number of carbonyl (C=O) groups excluding carboxylic acids is 1. The van der Waals surface area contributed by atoms with E-state index in [9.17, 15) is 13.2 Å². The van der Waals surface area contributed by atoms with Crippen LogP contribution in [-0.2, 0) is 29.8 Å². The molecule has 1 amide bonds. The van der Waals surface area contributed by atoms with Crippen LogP contribution < -0.4 is 16.0 Å². The Balaban J connectivity index is 1.66. The number of benzene rings is 1. The van der Waals surface area contributed by atoms with Gasteiger partial charge in [-0.05, 0) is 36.8 Å². The molecule has 32 heavy (non-hydrogen) atoms. The second kappa shape index (κ2) is 8.10. The first-order valence-electron chi connectivity index (χ1n) is 9.90. The number of hydrogen-bond donors (Lipinski definition) is 4. The highest BCUT2D eigenvalue weighted by atomic mass is 32.2. The molecule has 1 aromatic carbocycles. The van der Waals surface area contributed by atoms with Crippen molar-refractivity contribution in [2.24, 2.45) is 0 Å². The third-order valence-electron chi connectivity index (χ3n) is 5.95. The van der Waals surface area contributed by atoms with E-state index in [2.05, 4.69) is 16.0 Å². The van der Waals surface area contributed by atoms with Gasteiger partial charge < -0.3 is 25.4 Å². The summed E-state index contributed by atoms with van der Waals surface area (Å²) in [7, 11) is -1.19. The van der Waals surface area contributed by atoms with E-state index >= 15 is 4.39 Å². The lowest BCUT2D eigenvalue weighted by molar-refractivity contribution is -0.116. The number of sulfonamides is 1. The zero-order valence-electron chi connectivity index (χ0n) is 17.5. The van der Waals surface area contributed by atoms with Gasteiger partial charge >= 0.3 is 0 Å². The summed E-state index contributed by atoms with van der Waals surface area (Å²) in [5, 5.41) is 15.5. The monoisotopic (exact) mass is 465 g/mol. The molecule has 1 aromatic rings. The minimum atomic E-state index is -3.97. The van der Waals surface area contributed by atoms with Crippen LogP contribution in [0.25, 0.3) is 0 Å². The summed E-state index contributed by atoms with van der Waals surface area (Å²) < 4.78 is 52.4. The largest absolute Gasteiger partial charge is 0.495 e.